The Morgan fingerprint density at radius 2 is 1.88 bits per heavy atom. The van der Waals surface area contributed by atoms with Crippen molar-refractivity contribution < 1.29 is 4.74 Å². The lowest BCUT2D eigenvalue weighted by molar-refractivity contribution is 0.178. The third-order valence-corrected chi connectivity index (χ3v) is 5.24. The lowest BCUT2D eigenvalue weighted by Crippen LogP contribution is -2.31. The second-order valence-corrected chi connectivity index (χ2v) is 6.99. The van der Waals surface area contributed by atoms with Gasteiger partial charge in [-0.3, -0.25) is 9.47 Å². The van der Waals surface area contributed by atoms with Crippen LogP contribution < -0.4 is 4.74 Å². The van der Waals surface area contributed by atoms with Crippen molar-refractivity contribution in [2.45, 2.75) is 32.2 Å². The summed E-state index contributed by atoms with van der Waals surface area (Å²) >= 11 is 0. The predicted molar refractivity (Wildman–Crippen MR) is 102 cm³/mol. The van der Waals surface area contributed by atoms with E-state index in [0.29, 0.717) is 6.04 Å². The third-order valence-electron chi connectivity index (χ3n) is 5.24. The quantitative estimate of drug-likeness (QED) is 0.706. The SMILES string of the molecule is COc1ccc(-n2c(C3CCCCN3C)nc3cc(C)ccc32)cc1. The number of aryl methyl sites for hydroxylation is 1. The van der Waals surface area contributed by atoms with Gasteiger partial charge in [0.15, 0.2) is 0 Å². The van der Waals surface area contributed by atoms with Crippen LogP contribution in [0.5, 0.6) is 5.75 Å². The van der Waals surface area contributed by atoms with E-state index in [0.717, 1.165) is 35.7 Å². The molecule has 0 aliphatic carbocycles. The van der Waals surface area contributed by atoms with Crippen molar-refractivity contribution in [1.82, 2.24) is 14.5 Å². The average Bonchev–Trinajstić information content (AvgIpc) is 3.00. The van der Waals surface area contributed by atoms with Gasteiger partial charge in [-0.15, -0.1) is 0 Å². The number of methoxy groups -OCH3 is 1. The Morgan fingerprint density at radius 3 is 2.60 bits per heavy atom. The molecule has 25 heavy (non-hydrogen) atoms. The normalized spacial score (nSPS) is 18.6. The molecule has 1 atom stereocenters. The van der Waals surface area contributed by atoms with E-state index in [4.69, 9.17) is 9.72 Å². The van der Waals surface area contributed by atoms with E-state index >= 15 is 0 Å². The molecule has 1 aliphatic rings. The van der Waals surface area contributed by atoms with Gasteiger partial charge >= 0.3 is 0 Å². The molecule has 1 aliphatic heterocycles. The van der Waals surface area contributed by atoms with Gasteiger partial charge in [0.1, 0.15) is 11.6 Å². The van der Waals surface area contributed by atoms with E-state index in [1.165, 1.54) is 23.9 Å². The van der Waals surface area contributed by atoms with E-state index in [1.807, 2.05) is 12.1 Å². The number of benzene rings is 2. The number of aromatic nitrogens is 2. The summed E-state index contributed by atoms with van der Waals surface area (Å²) in [7, 11) is 3.92. The molecule has 0 bridgehead atoms. The van der Waals surface area contributed by atoms with Gasteiger partial charge in [0, 0.05) is 5.69 Å². The molecule has 3 aromatic rings. The summed E-state index contributed by atoms with van der Waals surface area (Å²) in [5, 5.41) is 0. The first kappa shape index (κ1) is 16.2. The standard InChI is InChI=1S/C21H25N3O/c1-15-7-12-19-18(14-15)22-21(20-6-4-5-13-23(20)2)24(19)16-8-10-17(25-3)11-9-16/h7-12,14,20H,4-6,13H2,1-3H3. The molecule has 2 aromatic carbocycles. The van der Waals surface area contributed by atoms with Gasteiger partial charge in [0.25, 0.3) is 0 Å². The fraction of sp³-hybridized carbons (Fsp3) is 0.381. The number of hydrogen-bond donors (Lipinski definition) is 0. The first-order valence-electron chi connectivity index (χ1n) is 9.01. The molecule has 1 saturated heterocycles. The van der Waals surface area contributed by atoms with Gasteiger partial charge in [-0.2, -0.15) is 0 Å². The molecule has 2 heterocycles. The summed E-state index contributed by atoms with van der Waals surface area (Å²) < 4.78 is 7.64. The number of rotatable bonds is 3. The number of ether oxygens (including phenoxy) is 1. The minimum atomic E-state index is 0.364. The molecule has 4 heteroatoms. The molecule has 1 fully saturated rings. The van der Waals surface area contributed by atoms with Crippen molar-refractivity contribution in [1.29, 1.82) is 0 Å². The van der Waals surface area contributed by atoms with Gasteiger partial charge < -0.3 is 4.74 Å². The van der Waals surface area contributed by atoms with Crippen LogP contribution in [-0.2, 0) is 0 Å². The topological polar surface area (TPSA) is 30.3 Å². The zero-order chi connectivity index (χ0) is 17.4. The van der Waals surface area contributed by atoms with Gasteiger partial charge in [0.2, 0.25) is 0 Å². The van der Waals surface area contributed by atoms with Crippen LogP contribution in [-0.4, -0.2) is 35.2 Å². The van der Waals surface area contributed by atoms with Crippen LogP contribution in [0, 0.1) is 6.92 Å². The van der Waals surface area contributed by atoms with Gasteiger partial charge in [0.05, 0.1) is 24.2 Å². The zero-order valence-corrected chi connectivity index (χ0v) is 15.2. The molecule has 0 amide bonds. The highest BCUT2D eigenvalue weighted by molar-refractivity contribution is 5.79. The molecule has 0 radical (unpaired) electrons. The molecule has 4 nitrogen and oxygen atoms in total. The second-order valence-electron chi connectivity index (χ2n) is 6.99. The summed E-state index contributed by atoms with van der Waals surface area (Å²) in [4.78, 5) is 7.50. The maximum atomic E-state index is 5.32. The van der Waals surface area contributed by atoms with E-state index in [-0.39, 0.29) is 0 Å². The number of nitrogens with zero attached hydrogens (tertiary/aromatic N) is 3. The molecule has 0 saturated carbocycles. The van der Waals surface area contributed by atoms with E-state index in [9.17, 15) is 0 Å². The second kappa shape index (κ2) is 6.52. The number of piperidine rings is 1. The van der Waals surface area contributed by atoms with E-state index in [1.54, 1.807) is 7.11 Å². The maximum Gasteiger partial charge on any atom is 0.131 e. The molecular weight excluding hydrogens is 310 g/mol. The average molecular weight is 335 g/mol. The Kier molecular flexibility index (Phi) is 4.22. The zero-order valence-electron chi connectivity index (χ0n) is 15.2. The summed E-state index contributed by atoms with van der Waals surface area (Å²) in [6.45, 7) is 3.26. The number of hydrogen-bond acceptors (Lipinski definition) is 3. The molecule has 4 rings (SSSR count). The van der Waals surface area contributed by atoms with Crippen LogP contribution in [0.15, 0.2) is 42.5 Å². The smallest absolute Gasteiger partial charge is 0.131 e. The van der Waals surface area contributed by atoms with Crippen molar-refractivity contribution in [3.63, 3.8) is 0 Å². The Bertz CT molecular complexity index is 882. The van der Waals surface area contributed by atoms with Crippen LogP contribution in [0.2, 0.25) is 0 Å². The lowest BCUT2D eigenvalue weighted by Gasteiger charge is -2.32. The van der Waals surface area contributed by atoms with E-state index < -0.39 is 0 Å². The highest BCUT2D eigenvalue weighted by Gasteiger charge is 2.27. The third kappa shape index (κ3) is 2.91. The fourth-order valence-corrected chi connectivity index (χ4v) is 3.84. The largest absolute Gasteiger partial charge is 0.497 e. The molecule has 130 valence electrons. The van der Waals surface area contributed by atoms with Gasteiger partial charge in [-0.25, -0.2) is 4.98 Å². The van der Waals surface area contributed by atoms with Gasteiger partial charge in [-0.1, -0.05) is 12.5 Å². The molecular formula is C21H25N3O. The number of likely N-dealkylation sites (tertiary alicyclic amines) is 1. The van der Waals surface area contributed by atoms with Crippen molar-refractivity contribution in [3.8, 4) is 11.4 Å². The Hall–Kier alpha value is -2.33. The Balaban J connectivity index is 1.91. The molecule has 1 unspecified atom stereocenters. The number of imidazole rings is 1. The Morgan fingerprint density at radius 1 is 1.08 bits per heavy atom. The summed E-state index contributed by atoms with van der Waals surface area (Å²) in [5.41, 5.74) is 4.63. The summed E-state index contributed by atoms with van der Waals surface area (Å²) in [6.07, 6.45) is 3.70. The highest BCUT2D eigenvalue weighted by Crippen LogP contribution is 2.34. The van der Waals surface area contributed by atoms with Crippen LogP contribution >= 0.6 is 0 Å². The summed E-state index contributed by atoms with van der Waals surface area (Å²) in [5.74, 6) is 2.02. The van der Waals surface area contributed by atoms with Crippen molar-refractivity contribution in [2.75, 3.05) is 20.7 Å². The number of fused-ring (bicyclic) bond motifs is 1. The fourth-order valence-electron chi connectivity index (χ4n) is 3.84. The Labute approximate surface area is 149 Å². The van der Waals surface area contributed by atoms with Gasteiger partial charge in [-0.05, 0) is 75.3 Å². The van der Waals surface area contributed by atoms with Crippen LogP contribution in [0.1, 0.15) is 36.7 Å². The first-order chi connectivity index (χ1) is 12.2. The minimum absolute atomic E-state index is 0.364. The van der Waals surface area contributed by atoms with Crippen LogP contribution in [0.3, 0.4) is 0 Å². The lowest BCUT2D eigenvalue weighted by atomic mass is 10.0. The maximum absolute atomic E-state index is 5.32. The van der Waals surface area contributed by atoms with Crippen molar-refractivity contribution in [3.05, 3.63) is 53.9 Å². The monoisotopic (exact) mass is 335 g/mol. The van der Waals surface area contributed by atoms with Crippen LogP contribution in [0.4, 0.5) is 0 Å². The van der Waals surface area contributed by atoms with Crippen LogP contribution in [0.25, 0.3) is 16.7 Å². The first-order valence-corrected chi connectivity index (χ1v) is 9.01. The highest BCUT2D eigenvalue weighted by atomic mass is 16.5. The molecule has 0 N–H and O–H groups in total. The summed E-state index contributed by atoms with van der Waals surface area (Å²) in [6, 6.07) is 15.2. The molecule has 0 spiro atoms. The molecule has 1 aromatic heterocycles. The minimum Gasteiger partial charge on any atom is -0.497 e. The predicted octanol–water partition coefficient (Wildman–Crippen LogP) is 4.50. The van der Waals surface area contributed by atoms with Crippen molar-refractivity contribution >= 4 is 11.0 Å². The van der Waals surface area contributed by atoms with E-state index in [2.05, 4.69) is 53.8 Å². The van der Waals surface area contributed by atoms with Crippen molar-refractivity contribution in [2.24, 2.45) is 0 Å².